The van der Waals surface area contributed by atoms with Gasteiger partial charge in [-0.05, 0) is 24.6 Å². The number of methoxy groups -OCH3 is 1. The fraction of sp³-hybridized carbons (Fsp3) is 0.250. The first-order chi connectivity index (χ1) is 9.10. The van der Waals surface area contributed by atoms with Gasteiger partial charge in [-0.2, -0.15) is 0 Å². The van der Waals surface area contributed by atoms with Gasteiger partial charge in [-0.15, -0.1) is 0 Å². The molecular weight excluding hydrogens is 268 g/mol. The molecule has 0 saturated carbocycles. The molecule has 0 fully saturated rings. The number of nitrogens with zero attached hydrogens (tertiary/aromatic N) is 1. The molecule has 2 rings (SSSR count). The molecule has 2 aromatic heterocycles. The van der Waals surface area contributed by atoms with Crippen LogP contribution >= 0.6 is 11.8 Å². The lowest BCUT2D eigenvalue weighted by Crippen LogP contribution is -2.10. The standard InChI is InChI=1S/C12H12N2O4S/c1-7-5-13-12(16)14-10(7)19-6-8-3-4-9(18-8)11(15)17-2/h3-5H,6H2,1-2H3,(H,13,14,16). The molecule has 7 heteroatoms. The highest BCUT2D eigenvalue weighted by atomic mass is 32.2. The minimum Gasteiger partial charge on any atom is -0.463 e. The summed E-state index contributed by atoms with van der Waals surface area (Å²) in [5.74, 6) is 0.780. The number of esters is 1. The normalized spacial score (nSPS) is 10.4. The van der Waals surface area contributed by atoms with Gasteiger partial charge in [0.15, 0.2) is 0 Å². The Morgan fingerprint density at radius 3 is 3.05 bits per heavy atom. The Labute approximate surface area is 113 Å². The van der Waals surface area contributed by atoms with Crippen molar-refractivity contribution in [1.82, 2.24) is 9.97 Å². The number of thioether (sulfide) groups is 1. The molecule has 1 N–H and O–H groups in total. The van der Waals surface area contributed by atoms with E-state index in [2.05, 4.69) is 14.7 Å². The van der Waals surface area contributed by atoms with Crippen molar-refractivity contribution in [2.75, 3.05) is 7.11 Å². The van der Waals surface area contributed by atoms with Crippen LogP contribution in [0.25, 0.3) is 0 Å². The van der Waals surface area contributed by atoms with E-state index in [9.17, 15) is 9.59 Å². The maximum absolute atomic E-state index is 11.2. The van der Waals surface area contributed by atoms with Gasteiger partial charge in [0.2, 0.25) is 5.76 Å². The minimum absolute atomic E-state index is 0.165. The first kappa shape index (κ1) is 13.4. The zero-order valence-electron chi connectivity index (χ0n) is 10.4. The van der Waals surface area contributed by atoms with Gasteiger partial charge in [-0.1, -0.05) is 11.8 Å². The fourth-order valence-corrected chi connectivity index (χ4v) is 2.28. The zero-order chi connectivity index (χ0) is 13.8. The summed E-state index contributed by atoms with van der Waals surface area (Å²) in [6.45, 7) is 1.85. The number of hydrogen-bond donors (Lipinski definition) is 1. The van der Waals surface area contributed by atoms with Crippen LogP contribution in [0.2, 0.25) is 0 Å². The van der Waals surface area contributed by atoms with E-state index >= 15 is 0 Å². The van der Waals surface area contributed by atoms with E-state index in [4.69, 9.17) is 4.42 Å². The number of aryl methyl sites for hydroxylation is 1. The first-order valence-electron chi connectivity index (χ1n) is 5.46. The van der Waals surface area contributed by atoms with E-state index in [-0.39, 0.29) is 11.4 Å². The highest BCUT2D eigenvalue weighted by Gasteiger charge is 2.11. The van der Waals surface area contributed by atoms with Crippen molar-refractivity contribution in [3.8, 4) is 0 Å². The summed E-state index contributed by atoms with van der Waals surface area (Å²) in [6, 6.07) is 3.26. The van der Waals surface area contributed by atoms with Crippen molar-refractivity contribution in [1.29, 1.82) is 0 Å². The SMILES string of the molecule is COC(=O)c1ccc(CSc2[nH]c(=O)ncc2C)o1. The molecule has 0 atom stereocenters. The molecule has 0 aromatic carbocycles. The van der Waals surface area contributed by atoms with Crippen molar-refractivity contribution in [3.63, 3.8) is 0 Å². The van der Waals surface area contributed by atoms with Gasteiger partial charge >= 0.3 is 11.7 Å². The Bertz CT molecular complexity index is 647. The van der Waals surface area contributed by atoms with Crippen molar-refractivity contribution < 1.29 is 13.9 Å². The third-order valence-corrected chi connectivity index (χ3v) is 3.50. The Morgan fingerprint density at radius 1 is 1.53 bits per heavy atom. The second-order valence-electron chi connectivity index (χ2n) is 3.75. The van der Waals surface area contributed by atoms with Gasteiger partial charge in [0.25, 0.3) is 0 Å². The highest BCUT2D eigenvalue weighted by molar-refractivity contribution is 7.98. The summed E-state index contributed by atoms with van der Waals surface area (Å²) in [7, 11) is 1.30. The van der Waals surface area contributed by atoms with E-state index in [1.54, 1.807) is 12.1 Å². The lowest BCUT2D eigenvalue weighted by Gasteiger charge is -2.02. The number of furan rings is 1. The molecule has 0 unspecified atom stereocenters. The van der Waals surface area contributed by atoms with Crippen LogP contribution in [0.4, 0.5) is 0 Å². The molecular formula is C12H12N2O4S. The molecule has 0 aliphatic carbocycles. The topological polar surface area (TPSA) is 85.2 Å². The number of aromatic amines is 1. The van der Waals surface area contributed by atoms with Crippen LogP contribution in [-0.2, 0) is 10.5 Å². The maximum atomic E-state index is 11.2. The molecule has 0 amide bonds. The van der Waals surface area contributed by atoms with Gasteiger partial charge in [0, 0.05) is 6.20 Å². The number of H-pyrrole nitrogens is 1. The van der Waals surface area contributed by atoms with Crippen LogP contribution in [0.3, 0.4) is 0 Å². The molecule has 19 heavy (non-hydrogen) atoms. The molecule has 2 aromatic rings. The van der Waals surface area contributed by atoms with Crippen LogP contribution in [0.15, 0.2) is 32.6 Å². The molecule has 0 aliphatic heterocycles. The third-order valence-electron chi connectivity index (χ3n) is 2.36. The quantitative estimate of drug-likeness (QED) is 0.521. The van der Waals surface area contributed by atoms with Crippen molar-refractivity contribution in [3.05, 3.63) is 45.9 Å². The average molecular weight is 280 g/mol. The Morgan fingerprint density at radius 2 is 2.32 bits per heavy atom. The monoisotopic (exact) mass is 280 g/mol. The molecule has 0 aliphatic rings. The molecule has 0 radical (unpaired) electrons. The first-order valence-corrected chi connectivity index (χ1v) is 6.44. The van der Waals surface area contributed by atoms with E-state index in [0.717, 1.165) is 10.6 Å². The molecule has 0 saturated heterocycles. The second kappa shape index (κ2) is 5.75. The summed E-state index contributed by atoms with van der Waals surface area (Å²) in [4.78, 5) is 28.6. The van der Waals surface area contributed by atoms with Gasteiger partial charge in [0.1, 0.15) is 5.76 Å². The number of carbonyl (C=O) groups is 1. The Kier molecular flexibility index (Phi) is 4.06. The van der Waals surface area contributed by atoms with Gasteiger partial charge in [0.05, 0.1) is 17.9 Å². The predicted molar refractivity (Wildman–Crippen MR) is 69.2 cm³/mol. The smallest absolute Gasteiger partial charge is 0.373 e. The maximum Gasteiger partial charge on any atom is 0.373 e. The highest BCUT2D eigenvalue weighted by Crippen LogP contribution is 2.23. The van der Waals surface area contributed by atoms with Crippen molar-refractivity contribution >= 4 is 17.7 Å². The van der Waals surface area contributed by atoms with E-state index in [1.165, 1.54) is 25.1 Å². The van der Waals surface area contributed by atoms with Crippen LogP contribution in [0.5, 0.6) is 0 Å². The zero-order valence-corrected chi connectivity index (χ0v) is 11.2. The summed E-state index contributed by atoms with van der Waals surface area (Å²) in [5.41, 5.74) is 0.493. The van der Waals surface area contributed by atoms with Gasteiger partial charge in [-0.25, -0.2) is 14.6 Å². The lowest BCUT2D eigenvalue weighted by molar-refractivity contribution is 0.0563. The van der Waals surface area contributed by atoms with Crippen molar-refractivity contribution in [2.45, 2.75) is 17.7 Å². The Balaban J connectivity index is 2.06. The number of nitrogens with one attached hydrogen (secondary N) is 1. The second-order valence-corrected chi connectivity index (χ2v) is 4.73. The number of ether oxygens (including phenoxy) is 1. The lowest BCUT2D eigenvalue weighted by atomic mass is 10.4. The third kappa shape index (κ3) is 3.25. The van der Waals surface area contributed by atoms with Crippen LogP contribution in [-0.4, -0.2) is 23.0 Å². The number of carbonyl (C=O) groups excluding carboxylic acids is 1. The summed E-state index contributed by atoms with van der Waals surface area (Å²) in [6.07, 6.45) is 1.52. The van der Waals surface area contributed by atoms with Gasteiger partial charge < -0.3 is 14.1 Å². The summed E-state index contributed by atoms with van der Waals surface area (Å²) in [5, 5.41) is 0.732. The molecule has 0 spiro atoms. The average Bonchev–Trinajstić information content (AvgIpc) is 2.88. The molecule has 2 heterocycles. The number of aromatic nitrogens is 2. The summed E-state index contributed by atoms with van der Waals surface area (Å²) < 4.78 is 9.88. The largest absolute Gasteiger partial charge is 0.463 e. The van der Waals surface area contributed by atoms with Crippen LogP contribution < -0.4 is 5.69 Å². The Hall–Kier alpha value is -2.02. The van der Waals surface area contributed by atoms with Crippen molar-refractivity contribution in [2.24, 2.45) is 0 Å². The van der Waals surface area contributed by atoms with Gasteiger partial charge in [-0.3, -0.25) is 0 Å². The molecule has 0 bridgehead atoms. The number of rotatable bonds is 4. The van der Waals surface area contributed by atoms with E-state index in [1.807, 2.05) is 6.92 Å². The number of hydrogen-bond acceptors (Lipinski definition) is 6. The molecule has 6 nitrogen and oxygen atoms in total. The predicted octanol–water partition coefficient (Wildman–Crippen LogP) is 1.75. The van der Waals surface area contributed by atoms with E-state index < -0.39 is 5.97 Å². The fourth-order valence-electron chi connectivity index (χ4n) is 1.40. The van der Waals surface area contributed by atoms with Crippen LogP contribution in [0.1, 0.15) is 21.9 Å². The van der Waals surface area contributed by atoms with E-state index in [0.29, 0.717) is 11.5 Å². The summed E-state index contributed by atoms with van der Waals surface area (Å²) >= 11 is 1.41. The van der Waals surface area contributed by atoms with Crippen LogP contribution in [0, 0.1) is 6.92 Å². The molecule has 100 valence electrons. The minimum atomic E-state index is -0.509.